The molecular weight excluding hydrogens is 313 g/mol. The van der Waals surface area contributed by atoms with E-state index < -0.39 is 0 Å². The summed E-state index contributed by atoms with van der Waals surface area (Å²) in [5.41, 5.74) is 0. The van der Waals surface area contributed by atoms with Crippen LogP contribution >= 0.6 is 0 Å². The molecule has 0 spiro atoms. The standard InChI is InChI=1S/C4H10O.Ba.4H2O.Ti/c1-3-5-4-2;;;;;;/h3-4H2,1-2H3;;4*1H2;/q;+2;;;;;/p-4. The molecule has 0 rings (SSSR count). The second kappa shape index (κ2) is 57.4. The van der Waals surface area contributed by atoms with Crippen LogP contribution < -0.4 is 0 Å². The molecule has 0 aliphatic carbocycles. The summed E-state index contributed by atoms with van der Waals surface area (Å²) in [6, 6.07) is 0. The Balaban J connectivity index is -0.00000000533. The molecule has 0 fully saturated rings. The summed E-state index contributed by atoms with van der Waals surface area (Å²) in [7, 11) is 0. The van der Waals surface area contributed by atoms with Crippen molar-refractivity contribution in [1.29, 1.82) is 0 Å². The quantitative estimate of drug-likeness (QED) is 0.657. The summed E-state index contributed by atoms with van der Waals surface area (Å²) in [5.74, 6) is 0. The Bertz CT molecular complexity index is 26.0. The van der Waals surface area contributed by atoms with Crippen LogP contribution in [0.5, 0.6) is 0 Å². The molecule has 7 heteroatoms. The summed E-state index contributed by atoms with van der Waals surface area (Å²) in [6.07, 6.45) is 0. The molecule has 0 aliphatic rings. The van der Waals surface area contributed by atoms with Crippen molar-refractivity contribution in [3.05, 3.63) is 0 Å². The minimum Gasteiger partial charge on any atom is -0.870 e. The fourth-order valence-corrected chi connectivity index (χ4v) is 0.204. The molecule has 0 bridgehead atoms. The van der Waals surface area contributed by atoms with Gasteiger partial charge in [0.1, 0.15) is 0 Å². The zero-order valence-corrected chi connectivity index (χ0v) is 12.8. The van der Waals surface area contributed by atoms with E-state index in [1.54, 1.807) is 0 Å². The number of rotatable bonds is 2. The summed E-state index contributed by atoms with van der Waals surface area (Å²) in [6.45, 7) is 5.67. The van der Waals surface area contributed by atoms with E-state index in [2.05, 4.69) is 0 Å². The molecule has 0 atom stereocenters. The van der Waals surface area contributed by atoms with Gasteiger partial charge >= 0.3 is 48.9 Å². The topological polar surface area (TPSA) is 129 Å². The SMILES string of the molecule is CCOCC.[Ba+2].[OH-].[OH-].[OH-].[OH-].[Ti]. The van der Waals surface area contributed by atoms with Gasteiger partial charge in [-0.2, -0.15) is 0 Å². The van der Waals surface area contributed by atoms with Gasteiger partial charge in [-0.15, -0.1) is 0 Å². The Morgan fingerprint density at radius 3 is 1.00 bits per heavy atom. The van der Waals surface area contributed by atoms with Crippen LogP contribution in [0, 0.1) is 0 Å². The maximum Gasteiger partial charge on any atom is 2.00 e. The molecule has 0 aromatic carbocycles. The van der Waals surface area contributed by atoms with Gasteiger partial charge in [0.2, 0.25) is 0 Å². The zero-order valence-electron chi connectivity index (χ0n) is 6.82. The van der Waals surface area contributed by atoms with E-state index in [4.69, 9.17) is 4.74 Å². The van der Waals surface area contributed by atoms with Gasteiger partial charge in [-0.3, -0.25) is 0 Å². The first kappa shape index (κ1) is 51.6. The predicted octanol–water partition coefficient (Wildman–Crippen LogP) is -0.0477. The number of ether oxygens (including phenoxy) is 1. The minimum absolute atomic E-state index is 0. The molecule has 0 saturated carbocycles. The van der Waals surface area contributed by atoms with Crippen LogP contribution in [-0.2, 0) is 26.5 Å². The molecule has 0 aromatic rings. The zero-order chi connectivity index (χ0) is 4.12. The normalized spacial score (nSPS) is 3.82. The molecule has 11 heavy (non-hydrogen) atoms. The molecule has 0 unspecified atom stereocenters. The van der Waals surface area contributed by atoms with Crippen LogP contribution in [0.15, 0.2) is 0 Å². The van der Waals surface area contributed by atoms with E-state index in [9.17, 15) is 0 Å². The molecule has 0 heterocycles. The van der Waals surface area contributed by atoms with E-state index in [1.807, 2.05) is 13.8 Å². The van der Waals surface area contributed by atoms with Crippen LogP contribution in [0.3, 0.4) is 0 Å². The van der Waals surface area contributed by atoms with E-state index in [0.717, 1.165) is 13.2 Å². The molecule has 68 valence electrons. The molecular formula is C4H14BaO5Ti-2. The van der Waals surface area contributed by atoms with E-state index in [1.165, 1.54) is 0 Å². The third-order valence-electron chi connectivity index (χ3n) is 0.408. The van der Waals surface area contributed by atoms with Crippen molar-refractivity contribution in [3.63, 3.8) is 0 Å². The molecule has 5 nitrogen and oxygen atoms in total. The Kier molecular flexibility index (Phi) is 269. The Morgan fingerprint density at radius 2 is 1.00 bits per heavy atom. The second-order valence-corrected chi connectivity index (χ2v) is 0.781. The molecule has 0 saturated heterocycles. The number of hydrogen-bond donors (Lipinski definition) is 0. The summed E-state index contributed by atoms with van der Waals surface area (Å²) >= 11 is 0. The smallest absolute Gasteiger partial charge is 0.870 e. The molecule has 0 aromatic heterocycles. The first-order valence-electron chi connectivity index (χ1n) is 1.99. The van der Waals surface area contributed by atoms with Gasteiger partial charge in [-0.05, 0) is 13.8 Å². The van der Waals surface area contributed by atoms with Gasteiger partial charge in [0.05, 0.1) is 0 Å². The van der Waals surface area contributed by atoms with Crippen molar-refractivity contribution in [3.8, 4) is 0 Å². The maximum atomic E-state index is 4.83. The number of hydrogen-bond acceptors (Lipinski definition) is 5. The monoisotopic (exact) mass is 328 g/mol. The van der Waals surface area contributed by atoms with Crippen molar-refractivity contribution < 1.29 is 48.4 Å². The van der Waals surface area contributed by atoms with Crippen LogP contribution in [0.1, 0.15) is 13.8 Å². The van der Waals surface area contributed by atoms with Crippen molar-refractivity contribution in [2.45, 2.75) is 13.8 Å². The maximum absolute atomic E-state index is 4.83. The molecule has 0 radical (unpaired) electrons. The van der Waals surface area contributed by atoms with Gasteiger partial charge < -0.3 is 26.6 Å². The second-order valence-electron chi connectivity index (χ2n) is 0.781. The first-order valence-corrected chi connectivity index (χ1v) is 1.99. The fraction of sp³-hybridized carbons (Fsp3) is 1.00. The Labute approximate surface area is 122 Å². The Hall–Kier alpha value is 2.09. The fourth-order valence-electron chi connectivity index (χ4n) is 0.204. The van der Waals surface area contributed by atoms with E-state index in [0.29, 0.717) is 0 Å². The third kappa shape index (κ3) is 73.6. The van der Waals surface area contributed by atoms with Crippen molar-refractivity contribution in [2.24, 2.45) is 0 Å². The summed E-state index contributed by atoms with van der Waals surface area (Å²) in [5, 5.41) is 0. The summed E-state index contributed by atoms with van der Waals surface area (Å²) in [4.78, 5) is 0. The van der Waals surface area contributed by atoms with Crippen LogP contribution in [-0.4, -0.2) is 84.0 Å². The van der Waals surface area contributed by atoms with Crippen molar-refractivity contribution in [1.82, 2.24) is 0 Å². The van der Waals surface area contributed by atoms with Crippen molar-refractivity contribution >= 4 is 48.9 Å². The molecule has 0 amide bonds. The van der Waals surface area contributed by atoms with E-state index in [-0.39, 0.29) is 92.5 Å². The van der Waals surface area contributed by atoms with Crippen LogP contribution in [0.4, 0.5) is 0 Å². The minimum atomic E-state index is 0. The average molecular weight is 327 g/mol. The largest absolute Gasteiger partial charge is 2.00 e. The van der Waals surface area contributed by atoms with Gasteiger partial charge in [0.25, 0.3) is 0 Å². The Morgan fingerprint density at radius 1 is 0.818 bits per heavy atom. The first-order chi connectivity index (χ1) is 2.41. The predicted molar refractivity (Wildman–Crippen MR) is 35.7 cm³/mol. The van der Waals surface area contributed by atoms with Gasteiger partial charge in [-0.1, -0.05) is 0 Å². The van der Waals surface area contributed by atoms with Gasteiger partial charge in [0, 0.05) is 34.9 Å². The van der Waals surface area contributed by atoms with Gasteiger partial charge in [0.15, 0.2) is 0 Å². The van der Waals surface area contributed by atoms with Crippen LogP contribution in [0.25, 0.3) is 0 Å². The molecule has 0 aliphatic heterocycles. The van der Waals surface area contributed by atoms with Gasteiger partial charge in [-0.25, -0.2) is 0 Å². The van der Waals surface area contributed by atoms with Crippen LogP contribution in [0.2, 0.25) is 0 Å². The van der Waals surface area contributed by atoms with Crippen molar-refractivity contribution in [2.75, 3.05) is 13.2 Å². The molecule has 4 N–H and O–H groups in total. The average Bonchev–Trinajstić information content (AvgIpc) is 1.41. The van der Waals surface area contributed by atoms with E-state index >= 15 is 0 Å². The summed E-state index contributed by atoms with van der Waals surface area (Å²) < 4.78 is 4.83. The third-order valence-corrected chi connectivity index (χ3v) is 0.408.